The van der Waals surface area contributed by atoms with Crippen molar-refractivity contribution in [3.63, 3.8) is 0 Å². The van der Waals surface area contributed by atoms with Gasteiger partial charge in [0.2, 0.25) is 0 Å². The molecule has 0 heterocycles. The quantitative estimate of drug-likeness (QED) is 0.452. The van der Waals surface area contributed by atoms with E-state index in [9.17, 15) is 9.18 Å². The number of hydrogen-bond donors (Lipinski definition) is 0. The first-order chi connectivity index (χ1) is 6.49. The zero-order valence-corrected chi connectivity index (χ0v) is 12.8. The van der Waals surface area contributed by atoms with Crippen LogP contribution in [-0.4, -0.2) is 6.29 Å². The summed E-state index contributed by atoms with van der Waals surface area (Å²) >= 11 is 9.51. The number of carbonyl (C=O) groups is 1. The molecule has 0 atom stereocenters. The largest absolute Gasteiger partial charge is 0.298 e. The van der Waals surface area contributed by atoms with Gasteiger partial charge >= 0.3 is 0 Å². The number of aldehydes is 1. The van der Waals surface area contributed by atoms with Gasteiger partial charge in [0.05, 0.1) is 5.56 Å². The van der Waals surface area contributed by atoms with E-state index in [1.807, 2.05) is 0 Å². The molecule has 0 aliphatic heterocycles. The Balaban J connectivity index is 0.000000364. The van der Waals surface area contributed by atoms with Crippen molar-refractivity contribution in [2.45, 2.75) is 6.92 Å². The van der Waals surface area contributed by atoms with Crippen LogP contribution in [0, 0.1) is 12.7 Å². The van der Waals surface area contributed by atoms with Gasteiger partial charge in [-0.2, -0.15) is 0 Å². The Morgan fingerprint density at radius 1 is 1.36 bits per heavy atom. The van der Waals surface area contributed by atoms with Crippen LogP contribution in [0.3, 0.4) is 0 Å². The lowest BCUT2D eigenvalue weighted by Crippen LogP contribution is -1.89. The Morgan fingerprint density at radius 3 is 2.21 bits per heavy atom. The van der Waals surface area contributed by atoms with Crippen LogP contribution < -0.4 is 0 Å². The van der Waals surface area contributed by atoms with Gasteiger partial charge in [0.1, 0.15) is 9.85 Å². The van der Waals surface area contributed by atoms with Crippen molar-refractivity contribution in [2.75, 3.05) is 0 Å². The standard InChI is InChI=1S/C8H7FO.Br3P/c1-6-3-2-4-7(5-10)8(6)9;1-4(2)3/h2-5H,1H3;. The highest BCUT2D eigenvalue weighted by molar-refractivity contribution is 9.93. The molecule has 1 rings (SSSR count). The fraction of sp³-hybridized carbons (Fsp3) is 0.125. The Kier molecular flexibility index (Phi) is 8.30. The van der Waals surface area contributed by atoms with Gasteiger partial charge in [0.25, 0.3) is 0 Å². The molecule has 0 aliphatic rings. The maximum atomic E-state index is 12.8. The molecule has 6 heteroatoms. The summed E-state index contributed by atoms with van der Waals surface area (Å²) in [6.07, 6.45) is 0.516. The Bertz CT molecular complexity index is 304. The monoisotopic (exact) mass is 406 g/mol. The third-order valence-corrected chi connectivity index (χ3v) is 1.35. The molecule has 0 fully saturated rings. The van der Waals surface area contributed by atoms with E-state index in [4.69, 9.17) is 0 Å². The highest BCUT2D eigenvalue weighted by Gasteiger charge is 2.00. The van der Waals surface area contributed by atoms with E-state index in [0.29, 0.717) is 11.8 Å². The second-order valence-corrected chi connectivity index (χ2v) is 17.6. The van der Waals surface area contributed by atoms with Crippen molar-refractivity contribution in [3.8, 4) is 0 Å². The molecular formula is C8H7Br3FOP. The number of hydrogen-bond acceptors (Lipinski definition) is 1. The minimum absolute atomic E-state index is 0.125. The van der Waals surface area contributed by atoms with Gasteiger partial charge in [-0.15, -0.1) is 0 Å². The summed E-state index contributed by atoms with van der Waals surface area (Å²) in [5.74, 6) is -0.419. The summed E-state index contributed by atoms with van der Waals surface area (Å²) in [5.41, 5.74) is 0.629. The van der Waals surface area contributed by atoms with Crippen molar-refractivity contribution < 1.29 is 9.18 Å². The molecule has 0 bridgehead atoms. The summed E-state index contributed by atoms with van der Waals surface area (Å²) < 4.78 is 12.6. The minimum Gasteiger partial charge on any atom is -0.298 e. The Morgan fingerprint density at radius 2 is 1.86 bits per heavy atom. The summed E-state index contributed by atoms with van der Waals surface area (Å²) in [7, 11) is 0. The molecule has 0 aromatic heterocycles. The first-order valence-corrected chi connectivity index (χ1v) is 10.9. The number of aryl methyl sites for hydroxylation is 1. The van der Waals surface area contributed by atoms with E-state index < -0.39 is 5.82 Å². The van der Waals surface area contributed by atoms with E-state index >= 15 is 0 Å². The van der Waals surface area contributed by atoms with Gasteiger partial charge < -0.3 is 0 Å². The van der Waals surface area contributed by atoms with Crippen LogP contribution in [0.5, 0.6) is 0 Å². The first kappa shape index (κ1) is 14.7. The molecule has 0 spiro atoms. The third-order valence-electron chi connectivity index (χ3n) is 1.35. The normalized spacial score (nSPS) is 9.29. The molecule has 0 N–H and O–H groups in total. The summed E-state index contributed by atoms with van der Waals surface area (Å²) in [4.78, 5) is 10.1. The van der Waals surface area contributed by atoms with Crippen LogP contribution in [0.4, 0.5) is 4.39 Å². The van der Waals surface area contributed by atoms with Gasteiger partial charge in [-0.1, -0.05) is 12.1 Å². The molecule has 78 valence electrons. The number of benzene rings is 1. The SMILES string of the molecule is BrP(Br)Br.Cc1cccc(C=O)c1F. The van der Waals surface area contributed by atoms with Gasteiger partial charge in [-0.3, -0.25) is 4.79 Å². The molecule has 0 aliphatic carbocycles. The number of rotatable bonds is 1. The van der Waals surface area contributed by atoms with Crippen LogP contribution in [0.25, 0.3) is 0 Å². The van der Waals surface area contributed by atoms with Crippen LogP contribution in [0.15, 0.2) is 18.2 Å². The van der Waals surface area contributed by atoms with Crippen LogP contribution >= 0.6 is 50.5 Å². The van der Waals surface area contributed by atoms with Crippen molar-refractivity contribution in [3.05, 3.63) is 35.1 Å². The van der Waals surface area contributed by atoms with Gasteiger partial charge in [-0.05, 0) is 65.0 Å². The summed E-state index contributed by atoms with van der Waals surface area (Å²) in [6.45, 7) is 1.63. The zero-order chi connectivity index (χ0) is 11.1. The lowest BCUT2D eigenvalue weighted by atomic mass is 10.1. The van der Waals surface area contributed by atoms with Gasteiger partial charge in [0, 0.05) is 0 Å². The smallest absolute Gasteiger partial charge is 0.153 e. The van der Waals surface area contributed by atoms with E-state index in [1.165, 1.54) is 6.07 Å². The van der Waals surface area contributed by atoms with Gasteiger partial charge in [-0.25, -0.2) is 4.39 Å². The van der Waals surface area contributed by atoms with E-state index in [1.54, 1.807) is 19.1 Å². The second kappa shape index (κ2) is 7.91. The Hall–Kier alpha value is 0.690. The Labute approximate surface area is 107 Å². The predicted molar refractivity (Wildman–Crippen MR) is 70.2 cm³/mol. The van der Waals surface area contributed by atoms with Crippen molar-refractivity contribution in [1.82, 2.24) is 0 Å². The highest BCUT2D eigenvalue weighted by atomic mass is 80.0. The van der Waals surface area contributed by atoms with Crippen LogP contribution in [-0.2, 0) is 0 Å². The second-order valence-electron chi connectivity index (χ2n) is 2.29. The molecule has 0 amide bonds. The highest BCUT2D eigenvalue weighted by Crippen LogP contribution is 2.59. The number of carbonyl (C=O) groups excluding carboxylic acids is 1. The lowest BCUT2D eigenvalue weighted by Gasteiger charge is -1.95. The fourth-order valence-electron chi connectivity index (χ4n) is 0.761. The molecule has 0 radical (unpaired) electrons. The predicted octanol–water partition coefficient (Wildman–Crippen LogP) is 5.34. The average molecular weight is 409 g/mol. The molecule has 0 saturated heterocycles. The van der Waals surface area contributed by atoms with Crippen LogP contribution in [0.2, 0.25) is 0 Å². The molecule has 0 unspecified atom stereocenters. The van der Waals surface area contributed by atoms with Gasteiger partial charge in [0.15, 0.2) is 6.29 Å². The zero-order valence-electron chi connectivity index (χ0n) is 7.18. The maximum Gasteiger partial charge on any atom is 0.153 e. The topological polar surface area (TPSA) is 17.1 Å². The van der Waals surface area contributed by atoms with E-state index in [-0.39, 0.29) is 9.59 Å². The van der Waals surface area contributed by atoms with Crippen molar-refractivity contribution in [2.24, 2.45) is 0 Å². The third kappa shape index (κ3) is 6.23. The van der Waals surface area contributed by atoms with E-state index in [2.05, 4.69) is 46.5 Å². The summed E-state index contributed by atoms with van der Waals surface area (Å²) in [5, 5.41) is 0. The first-order valence-electron chi connectivity index (χ1n) is 3.46. The van der Waals surface area contributed by atoms with Crippen molar-refractivity contribution >= 4 is 56.8 Å². The van der Waals surface area contributed by atoms with Crippen molar-refractivity contribution in [1.29, 1.82) is 0 Å². The molecule has 1 nitrogen and oxygen atoms in total. The molecule has 1 aromatic carbocycles. The average Bonchev–Trinajstić information content (AvgIpc) is 2.09. The number of halogens is 4. The molecular weight excluding hydrogens is 402 g/mol. The fourth-order valence-corrected chi connectivity index (χ4v) is 0.761. The lowest BCUT2D eigenvalue weighted by molar-refractivity contribution is 0.111. The van der Waals surface area contributed by atoms with Crippen LogP contribution in [0.1, 0.15) is 15.9 Å². The molecule has 14 heavy (non-hydrogen) atoms. The summed E-state index contributed by atoms with van der Waals surface area (Å²) in [6, 6.07) is 4.74. The maximum absolute atomic E-state index is 12.8. The minimum atomic E-state index is -0.419. The molecule has 1 aromatic rings. The molecule has 0 saturated carbocycles. The van der Waals surface area contributed by atoms with E-state index in [0.717, 1.165) is 0 Å².